The fourth-order valence-electron chi connectivity index (χ4n) is 5.01. The van der Waals surface area contributed by atoms with Crippen LogP contribution in [-0.4, -0.2) is 48.3 Å². The molecule has 3 fully saturated rings. The van der Waals surface area contributed by atoms with Crippen LogP contribution in [0.4, 0.5) is 0 Å². The Kier molecular flexibility index (Phi) is 3.66. The molecule has 0 radical (unpaired) electrons. The van der Waals surface area contributed by atoms with Gasteiger partial charge in [-0.1, -0.05) is 37.3 Å². The number of rotatable bonds is 2. The average molecular weight is 326 g/mol. The smallest absolute Gasteiger partial charge is 0.231 e. The van der Waals surface area contributed by atoms with Crippen molar-refractivity contribution in [3.05, 3.63) is 35.9 Å². The largest absolute Gasteiger partial charge is 0.345 e. The second-order valence-electron chi connectivity index (χ2n) is 8.09. The molecule has 128 valence electrons. The van der Waals surface area contributed by atoms with E-state index >= 15 is 0 Å². The molecular formula is C20H26N2O2. The molecule has 1 spiro atoms. The third kappa shape index (κ3) is 2.27. The molecule has 1 aromatic rings. The number of carbonyl (C=O) groups is 2. The monoisotopic (exact) mass is 326 g/mol. The van der Waals surface area contributed by atoms with Gasteiger partial charge in [-0.3, -0.25) is 9.59 Å². The standard InChI is InChI=1S/C20H26N2O2/c1-14-10-16(11-14)18(23)22-9-8-20(13-22)17(12-21(2)19(20)24)15-6-4-3-5-7-15/h3-7,14,16-17H,8-13H2,1-2H3/t14?,16?,17-,20+/m1/s1. The molecule has 1 saturated carbocycles. The molecule has 2 atom stereocenters. The highest BCUT2D eigenvalue weighted by Crippen LogP contribution is 2.50. The Morgan fingerprint density at radius 1 is 1.21 bits per heavy atom. The van der Waals surface area contributed by atoms with Crippen LogP contribution in [0.25, 0.3) is 0 Å². The Balaban J connectivity index is 1.58. The van der Waals surface area contributed by atoms with Gasteiger partial charge in [-0.25, -0.2) is 0 Å². The first kappa shape index (κ1) is 15.7. The molecule has 4 heteroatoms. The van der Waals surface area contributed by atoms with E-state index in [0.29, 0.717) is 12.5 Å². The number of nitrogens with zero attached hydrogens (tertiary/aromatic N) is 2. The summed E-state index contributed by atoms with van der Waals surface area (Å²) in [5, 5.41) is 0. The van der Waals surface area contributed by atoms with Gasteiger partial charge in [0.1, 0.15) is 0 Å². The Morgan fingerprint density at radius 3 is 2.58 bits per heavy atom. The molecule has 3 aliphatic rings. The van der Waals surface area contributed by atoms with E-state index in [1.165, 1.54) is 5.56 Å². The lowest BCUT2D eigenvalue weighted by molar-refractivity contribution is -0.140. The van der Waals surface area contributed by atoms with Crippen LogP contribution in [-0.2, 0) is 9.59 Å². The third-order valence-corrected chi connectivity index (χ3v) is 6.43. The predicted octanol–water partition coefficient (Wildman–Crippen LogP) is 2.51. The van der Waals surface area contributed by atoms with Crippen molar-refractivity contribution in [3.8, 4) is 0 Å². The second-order valence-corrected chi connectivity index (χ2v) is 8.09. The van der Waals surface area contributed by atoms with Gasteiger partial charge < -0.3 is 9.80 Å². The first-order valence-corrected chi connectivity index (χ1v) is 9.10. The summed E-state index contributed by atoms with van der Waals surface area (Å²) in [5.74, 6) is 1.55. The van der Waals surface area contributed by atoms with Gasteiger partial charge >= 0.3 is 0 Å². The molecule has 1 aromatic carbocycles. The van der Waals surface area contributed by atoms with E-state index in [2.05, 4.69) is 19.1 Å². The summed E-state index contributed by atoms with van der Waals surface area (Å²) in [4.78, 5) is 29.6. The topological polar surface area (TPSA) is 40.6 Å². The van der Waals surface area contributed by atoms with Crippen LogP contribution in [0.3, 0.4) is 0 Å². The zero-order valence-electron chi connectivity index (χ0n) is 14.6. The van der Waals surface area contributed by atoms with Crippen LogP contribution in [0.15, 0.2) is 30.3 Å². The Bertz CT molecular complexity index is 653. The van der Waals surface area contributed by atoms with E-state index < -0.39 is 5.41 Å². The molecule has 2 amide bonds. The fraction of sp³-hybridized carbons (Fsp3) is 0.600. The lowest BCUT2D eigenvalue weighted by Crippen LogP contribution is -2.43. The minimum atomic E-state index is -0.416. The molecule has 24 heavy (non-hydrogen) atoms. The van der Waals surface area contributed by atoms with Crippen LogP contribution in [0.1, 0.15) is 37.7 Å². The SMILES string of the molecule is CC1CC(C(=O)N2CC[C@@]3(C2)C(=O)N(C)C[C@@H]3c2ccccc2)C1. The molecule has 0 N–H and O–H groups in total. The number of hydrogen-bond donors (Lipinski definition) is 0. The van der Waals surface area contributed by atoms with Gasteiger partial charge in [-0.2, -0.15) is 0 Å². The van der Waals surface area contributed by atoms with Gasteiger partial charge in [0.15, 0.2) is 0 Å². The number of benzene rings is 1. The summed E-state index contributed by atoms with van der Waals surface area (Å²) in [6, 6.07) is 10.3. The first-order valence-electron chi connectivity index (χ1n) is 9.10. The fourth-order valence-corrected chi connectivity index (χ4v) is 5.01. The van der Waals surface area contributed by atoms with Crippen LogP contribution < -0.4 is 0 Å². The molecule has 0 aromatic heterocycles. The Morgan fingerprint density at radius 2 is 1.92 bits per heavy atom. The van der Waals surface area contributed by atoms with Crippen molar-refractivity contribution in [2.24, 2.45) is 17.3 Å². The summed E-state index contributed by atoms with van der Waals surface area (Å²) in [6.45, 7) is 4.29. The lowest BCUT2D eigenvalue weighted by Gasteiger charge is -2.35. The summed E-state index contributed by atoms with van der Waals surface area (Å²) >= 11 is 0. The number of likely N-dealkylation sites (tertiary alicyclic amines) is 2. The van der Waals surface area contributed by atoms with Crippen molar-refractivity contribution in [1.82, 2.24) is 9.80 Å². The second kappa shape index (κ2) is 5.61. The summed E-state index contributed by atoms with van der Waals surface area (Å²) in [5.41, 5.74) is 0.808. The predicted molar refractivity (Wildman–Crippen MR) is 92.3 cm³/mol. The maximum absolute atomic E-state index is 13.0. The molecule has 2 aliphatic heterocycles. The van der Waals surface area contributed by atoms with E-state index in [9.17, 15) is 9.59 Å². The highest BCUT2D eigenvalue weighted by molar-refractivity contribution is 5.89. The third-order valence-electron chi connectivity index (χ3n) is 6.43. The van der Waals surface area contributed by atoms with Gasteiger partial charge in [0.2, 0.25) is 11.8 Å². The molecule has 0 unspecified atom stereocenters. The Hall–Kier alpha value is -1.84. The van der Waals surface area contributed by atoms with Crippen molar-refractivity contribution >= 4 is 11.8 Å². The van der Waals surface area contributed by atoms with Crippen LogP contribution >= 0.6 is 0 Å². The van der Waals surface area contributed by atoms with Gasteiger partial charge in [-0.05, 0) is 30.7 Å². The molecule has 4 rings (SSSR count). The molecule has 2 heterocycles. The number of amides is 2. The van der Waals surface area contributed by atoms with E-state index in [1.54, 1.807) is 0 Å². The van der Waals surface area contributed by atoms with E-state index in [1.807, 2.05) is 35.0 Å². The normalized spacial score (nSPS) is 35.6. The number of carbonyl (C=O) groups excluding carboxylic acids is 2. The van der Waals surface area contributed by atoms with Crippen molar-refractivity contribution < 1.29 is 9.59 Å². The average Bonchev–Trinajstić information content (AvgIpc) is 3.11. The summed E-state index contributed by atoms with van der Waals surface area (Å²) in [6.07, 6.45) is 2.82. The number of hydrogen-bond acceptors (Lipinski definition) is 2. The Labute approximate surface area is 143 Å². The van der Waals surface area contributed by atoms with Gasteiger partial charge in [0, 0.05) is 38.5 Å². The van der Waals surface area contributed by atoms with Crippen LogP contribution in [0, 0.1) is 17.3 Å². The highest BCUT2D eigenvalue weighted by Gasteiger charge is 2.57. The zero-order chi connectivity index (χ0) is 16.9. The van der Waals surface area contributed by atoms with Crippen molar-refractivity contribution in [2.75, 3.05) is 26.7 Å². The minimum Gasteiger partial charge on any atom is -0.345 e. The van der Waals surface area contributed by atoms with Crippen molar-refractivity contribution in [1.29, 1.82) is 0 Å². The van der Waals surface area contributed by atoms with Gasteiger partial charge in [0.05, 0.1) is 5.41 Å². The quantitative estimate of drug-likeness (QED) is 0.838. The van der Waals surface area contributed by atoms with Crippen molar-refractivity contribution in [3.63, 3.8) is 0 Å². The van der Waals surface area contributed by atoms with Crippen LogP contribution in [0.5, 0.6) is 0 Å². The highest BCUT2D eigenvalue weighted by atomic mass is 16.2. The lowest BCUT2D eigenvalue weighted by atomic mass is 9.73. The molecule has 4 nitrogen and oxygen atoms in total. The zero-order valence-corrected chi connectivity index (χ0v) is 14.6. The first-order chi connectivity index (χ1) is 11.5. The maximum Gasteiger partial charge on any atom is 0.231 e. The van der Waals surface area contributed by atoms with Gasteiger partial charge in [-0.15, -0.1) is 0 Å². The maximum atomic E-state index is 13.0. The molecule has 1 aliphatic carbocycles. The van der Waals surface area contributed by atoms with Crippen molar-refractivity contribution in [2.45, 2.75) is 32.1 Å². The molecular weight excluding hydrogens is 300 g/mol. The number of likely N-dealkylation sites (N-methyl/N-ethyl adjacent to an activating group) is 1. The van der Waals surface area contributed by atoms with Crippen LogP contribution in [0.2, 0.25) is 0 Å². The van der Waals surface area contributed by atoms with Gasteiger partial charge in [0.25, 0.3) is 0 Å². The van der Waals surface area contributed by atoms with E-state index in [4.69, 9.17) is 0 Å². The summed E-state index contributed by atoms with van der Waals surface area (Å²) < 4.78 is 0. The van der Waals surface area contributed by atoms with E-state index in [0.717, 1.165) is 32.4 Å². The molecule has 0 bridgehead atoms. The minimum absolute atomic E-state index is 0.189. The van der Waals surface area contributed by atoms with E-state index in [-0.39, 0.29) is 23.7 Å². The summed E-state index contributed by atoms with van der Waals surface area (Å²) in [7, 11) is 1.89. The molecule has 2 saturated heterocycles.